The highest BCUT2D eigenvalue weighted by molar-refractivity contribution is 7.25. The molecule has 0 aliphatic heterocycles. The van der Waals surface area contributed by atoms with Crippen LogP contribution in [-0.4, -0.2) is 29.1 Å². The van der Waals surface area contributed by atoms with E-state index in [0.717, 1.165) is 61.7 Å². The van der Waals surface area contributed by atoms with E-state index in [2.05, 4.69) is 51.4 Å². The lowest BCUT2D eigenvalue weighted by molar-refractivity contribution is 0.734. The van der Waals surface area contributed by atoms with E-state index in [1.54, 1.807) is 22.7 Å². The molecule has 0 bridgehead atoms. The molecule has 0 N–H and O–H groups in total. The molecule has 6 rings (SSSR count). The third-order valence-electron chi connectivity index (χ3n) is 5.51. The van der Waals surface area contributed by atoms with Gasteiger partial charge in [-0.25, -0.2) is 19.9 Å². The van der Waals surface area contributed by atoms with Crippen LogP contribution in [0.1, 0.15) is 17.3 Å². The van der Waals surface area contributed by atoms with Gasteiger partial charge in [0.25, 0.3) is 0 Å². The Morgan fingerprint density at radius 3 is 2.10 bits per heavy atom. The second kappa shape index (κ2) is 6.08. The molecule has 6 nitrogen and oxygen atoms in total. The monoisotopic (exact) mass is 418 g/mol. The zero-order chi connectivity index (χ0) is 19.7. The van der Waals surface area contributed by atoms with Gasteiger partial charge in [0.2, 0.25) is 0 Å². The number of nitrogens with zero attached hydrogens (tertiary/aromatic N) is 6. The third kappa shape index (κ3) is 2.45. The van der Waals surface area contributed by atoms with Gasteiger partial charge < -0.3 is 9.13 Å². The molecule has 0 saturated heterocycles. The maximum Gasteiger partial charge on any atom is 0.127 e. The van der Waals surface area contributed by atoms with Crippen molar-refractivity contribution in [3.63, 3.8) is 0 Å². The van der Waals surface area contributed by atoms with Gasteiger partial charge in [0.05, 0.1) is 0 Å². The van der Waals surface area contributed by atoms with E-state index in [0.29, 0.717) is 0 Å². The van der Waals surface area contributed by atoms with E-state index in [-0.39, 0.29) is 0 Å². The number of imidazole rings is 2. The molecule has 0 aromatic carbocycles. The van der Waals surface area contributed by atoms with Crippen molar-refractivity contribution >= 4 is 63.8 Å². The summed E-state index contributed by atoms with van der Waals surface area (Å²) in [7, 11) is 4.20. The minimum Gasteiger partial charge on any atom is -0.323 e. The fourth-order valence-electron chi connectivity index (χ4n) is 3.94. The van der Waals surface area contributed by atoms with Crippen molar-refractivity contribution < 1.29 is 0 Å². The van der Waals surface area contributed by atoms with Gasteiger partial charge >= 0.3 is 0 Å². The first-order valence-corrected chi connectivity index (χ1v) is 11.1. The van der Waals surface area contributed by atoms with Crippen molar-refractivity contribution in [3.05, 3.63) is 47.8 Å². The van der Waals surface area contributed by atoms with Crippen LogP contribution >= 0.6 is 22.7 Å². The smallest absolute Gasteiger partial charge is 0.127 e. The molecule has 6 aromatic rings. The van der Waals surface area contributed by atoms with Crippen LogP contribution in [0, 0.1) is 6.92 Å². The molecule has 6 heterocycles. The normalized spacial score (nSPS) is 12.2. The van der Waals surface area contributed by atoms with Gasteiger partial charge in [0, 0.05) is 49.6 Å². The van der Waals surface area contributed by atoms with Crippen molar-refractivity contribution in [1.82, 2.24) is 29.1 Å². The van der Waals surface area contributed by atoms with Crippen molar-refractivity contribution in [2.75, 3.05) is 0 Å². The van der Waals surface area contributed by atoms with Crippen LogP contribution in [0.2, 0.25) is 0 Å². The Labute approximate surface area is 174 Å². The van der Waals surface area contributed by atoms with Crippen molar-refractivity contribution in [3.8, 4) is 0 Å². The molecule has 0 amide bonds. The van der Waals surface area contributed by atoms with Crippen LogP contribution in [0.5, 0.6) is 0 Å². The standard InChI is InChI=1S/C21H18N6S2/c1-11-6-7-13-17-21(29-19(13)23-11)27(3)15(25-17)9-8-14-24-16-12-5-4-10-22-18(12)28-20(16)26(14)2/h4-7,10H,8-9H2,1-3H3. The molecular formula is C21H18N6S2. The van der Waals surface area contributed by atoms with Crippen LogP contribution in [0.15, 0.2) is 30.5 Å². The lowest BCUT2D eigenvalue weighted by atomic mass is 10.3. The molecule has 0 aliphatic carbocycles. The summed E-state index contributed by atoms with van der Waals surface area (Å²) < 4.78 is 4.41. The number of hydrogen-bond donors (Lipinski definition) is 0. The molecule has 0 aliphatic rings. The fraction of sp³-hybridized carbons (Fsp3) is 0.238. The first-order valence-electron chi connectivity index (χ1n) is 9.50. The highest BCUT2D eigenvalue weighted by Crippen LogP contribution is 2.34. The average molecular weight is 419 g/mol. The molecular weight excluding hydrogens is 400 g/mol. The Morgan fingerprint density at radius 1 is 0.793 bits per heavy atom. The summed E-state index contributed by atoms with van der Waals surface area (Å²) in [4.78, 5) is 23.5. The zero-order valence-corrected chi connectivity index (χ0v) is 17.9. The van der Waals surface area contributed by atoms with Gasteiger partial charge in [0.1, 0.15) is 42.0 Å². The number of pyridine rings is 2. The van der Waals surface area contributed by atoms with Crippen molar-refractivity contribution in [2.45, 2.75) is 19.8 Å². The van der Waals surface area contributed by atoms with Crippen molar-refractivity contribution in [2.24, 2.45) is 14.1 Å². The lowest BCUT2D eigenvalue weighted by Crippen LogP contribution is -2.04. The van der Waals surface area contributed by atoms with Crippen molar-refractivity contribution in [1.29, 1.82) is 0 Å². The van der Waals surface area contributed by atoms with E-state index in [1.807, 2.05) is 19.2 Å². The Balaban J connectivity index is 1.37. The largest absolute Gasteiger partial charge is 0.323 e. The number of aromatic nitrogens is 6. The fourth-order valence-corrected chi connectivity index (χ4v) is 6.15. The molecule has 0 fully saturated rings. The zero-order valence-electron chi connectivity index (χ0n) is 16.3. The summed E-state index contributed by atoms with van der Waals surface area (Å²) in [5.74, 6) is 2.18. The highest BCUT2D eigenvalue weighted by atomic mass is 32.1. The van der Waals surface area contributed by atoms with E-state index in [4.69, 9.17) is 9.97 Å². The van der Waals surface area contributed by atoms with E-state index < -0.39 is 0 Å². The number of aryl methyl sites for hydroxylation is 5. The minimum absolute atomic E-state index is 0.854. The predicted molar refractivity (Wildman–Crippen MR) is 120 cm³/mol. The summed E-state index contributed by atoms with van der Waals surface area (Å²) >= 11 is 3.42. The second-order valence-corrected chi connectivity index (χ2v) is 9.30. The second-order valence-electron chi connectivity index (χ2n) is 7.35. The van der Waals surface area contributed by atoms with Gasteiger partial charge in [-0.3, -0.25) is 0 Å². The van der Waals surface area contributed by atoms with Gasteiger partial charge in [-0.1, -0.05) is 22.7 Å². The number of hydrogen-bond acceptors (Lipinski definition) is 6. The summed E-state index contributed by atoms with van der Waals surface area (Å²) in [6.45, 7) is 2.03. The quantitative estimate of drug-likeness (QED) is 0.415. The van der Waals surface area contributed by atoms with Crippen LogP contribution in [0.3, 0.4) is 0 Å². The average Bonchev–Trinajstić information content (AvgIpc) is 3.42. The van der Waals surface area contributed by atoms with Crippen LogP contribution in [0.25, 0.3) is 41.1 Å². The first-order chi connectivity index (χ1) is 14.1. The van der Waals surface area contributed by atoms with E-state index in [1.165, 1.54) is 9.66 Å². The molecule has 0 saturated carbocycles. The molecule has 0 unspecified atom stereocenters. The first kappa shape index (κ1) is 17.1. The predicted octanol–water partition coefficient (Wildman–Crippen LogP) is 4.77. The molecule has 29 heavy (non-hydrogen) atoms. The minimum atomic E-state index is 0.854. The number of fused-ring (bicyclic) bond motifs is 6. The molecule has 0 atom stereocenters. The van der Waals surface area contributed by atoms with Gasteiger partial charge in [0.15, 0.2) is 0 Å². The lowest BCUT2D eigenvalue weighted by Gasteiger charge is -2.03. The summed E-state index contributed by atoms with van der Waals surface area (Å²) in [6.07, 6.45) is 3.55. The van der Waals surface area contributed by atoms with Gasteiger partial charge in [-0.15, -0.1) is 0 Å². The van der Waals surface area contributed by atoms with Crippen LogP contribution < -0.4 is 0 Å². The Morgan fingerprint density at radius 2 is 1.41 bits per heavy atom. The van der Waals surface area contributed by atoms with Gasteiger partial charge in [-0.05, 0) is 31.2 Å². The van der Waals surface area contributed by atoms with Crippen LogP contribution in [0.4, 0.5) is 0 Å². The maximum atomic E-state index is 4.96. The third-order valence-corrected chi connectivity index (χ3v) is 7.85. The molecule has 6 aromatic heterocycles. The topological polar surface area (TPSA) is 61.4 Å². The molecule has 0 spiro atoms. The molecule has 0 radical (unpaired) electrons. The van der Waals surface area contributed by atoms with Crippen LogP contribution in [-0.2, 0) is 26.9 Å². The maximum absolute atomic E-state index is 4.96. The number of rotatable bonds is 3. The number of thiophene rings is 2. The highest BCUT2D eigenvalue weighted by Gasteiger charge is 2.18. The molecule has 8 heteroatoms. The summed E-state index contributed by atoms with van der Waals surface area (Å²) in [5.41, 5.74) is 3.17. The Bertz CT molecular complexity index is 1550. The van der Waals surface area contributed by atoms with E-state index >= 15 is 0 Å². The summed E-state index contributed by atoms with van der Waals surface area (Å²) in [5, 5.41) is 2.29. The summed E-state index contributed by atoms with van der Waals surface area (Å²) in [6, 6.07) is 8.28. The Hall–Kier alpha value is -2.84. The van der Waals surface area contributed by atoms with E-state index in [9.17, 15) is 0 Å². The SMILES string of the molecule is Cc1ccc2c(n1)sc1c2nc(CCc2nc3c4cccnc4sc3n2C)n1C. The van der Waals surface area contributed by atoms with Gasteiger partial charge in [-0.2, -0.15) is 0 Å². The Kier molecular flexibility index (Phi) is 3.57. The molecule has 144 valence electrons.